The van der Waals surface area contributed by atoms with Crippen molar-refractivity contribution in [2.45, 2.75) is 366 Å². The van der Waals surface area contributed by atoms with E-state index in [1.54, 1.807) is 6.08 Å². The van der Waals surface area contributed by atoms with Gasteiger partial charge in [0.2, 0.25) is 5.91 Å². The Kier molecular flexibility index (Phi) is 58.0. The van der Waals surface area contributed by atoms with Gasteiger partial charge in [0.15, 0.2) is 0 Å². The third-order valence-corrected chi connectivity index (χ3v) is 14.8. The van der Waals surface area contributed by atoms with Crippen molar-refractivity contribution in [3.8, 4) is 0 Å². The van der Waals surface area contributed by atoms with Crippen LogP contribution in [0.3, 0.4) is 0 Å². The van der Waals surface area contributed by atoms with Crippen LogP contribution in [-0.2, 0) is 14.3 Å². The number of aliphatic hydroxyl groups excluding tert-OH is 2. The van der Waals surface area contributed by atoms with Crippen LogP contribution in [-0.4, -0.2) is 47.4 Å². The van der Waals surface area contributed by atoms with Crippen molar-refractivity contribution in [2.75, 3.05) is 13.2 Å². The first kappa shape index (κ1) is 67.6. The van der Waals surface area contributed by atoms with Gasteiger partial charge >= 0.3 is 5.97 Å². The minimum Gasteiger partial charge on any atom is -0.466 e. The Balaban J connectivity index is 3.43. The van der Waals surface area contributed by atoms with E-state index >= 15 is 0 Å². The molecule has 0 fully saturated rings. The molecule has 0 aliphatic rings. The van der Waals surface area contributed by atoms with Crippen molar-refractivity contribution in [1.29, 1.82) is 0 Å². The topological polar surface area (TPSA) is 95.9 Å². The lowest BCUT2D eigenvalue weighted by atomic mass is 10.0. The molecule has 0 bridgehead atoms. The van der Waals surface area contributed by atoms with Crippen molar-refractivity contribution < 1.29 is 24.5 Å². The highest BCUT2D eigenvalue weighted by Gasteiger charge is 2.18. The van der Waals surface area contributed by atoms with E-state index in [1.807, 2.05) is 6.08 Å². The summed E-state index contributed by atoms with van der Waals surface area (Å²) in [6.45, 7) is 4.93. The van der Waals surface area contributed by atoms with Gasteiger partial charge in [0.25, 0.3) is 0 Å². The quantitative estimate of drug-likeness (QED) is 0.0321. The van der Waals surface area contributed by atoms with Gasteiger partial charge in [-0.1, -0.05) is 321 Å². The molecule has 6 nitrogen and oxygen atoms in total. The smallest absolute Gasteiger partial charge is 0.305 e. The van der Waals surface area contributed by atoms with Gasteiger partial charge in [-0.3, -0.25) is 9.59 Å². The summed E-state index contributed by atoms with van der Waals surface area (Å²) >= 11 is 0. The molecule has 0 radical (unpaired) electrons. The lowest BCUT2D eigenvalue weighted by Gasteiger charge is -2.20. The largest absolute Gasteiger partial charge is 0.466 e. The predicted molar refractivity (Wildman–Crippen MR) is 301 cm³/mol. The zero-order valence-electron chi connectivity index (χ0n) is 46.8. The lowest BCUT2D eigenvalue weighted by molar-refractivity contribution is -0.143. The molecule has 0 heterocycles. The van der Waals surface area contributed by atoms with Crippen molar-refractivity contribution in [3.05, 3.63) is 12.2 Å². The number of carbonyl (C=O) groups excluding carboxylic acids is 2. The molecule has 2 atom stereocenters. The second kappa shape index (κ2) is 59.2. The van der Waals surface area contributed by atoms with Crippen molar-refractivity contribution in [1.82, 2.24) is 5.32 Å². The molecule has 6 heteroatoms. The molecular weight excluding hydrogens is 851 g/mol. The van der Waals surface area contributed by atoms with Crippen LogP contribution in [0, 0.1) is 0 Å². The summed E-state index contributed by atoms with van der Waals surface area (Å²) in [5, 5.41) is 23.2. The number of hydrogen-bond acceptors (Lipinski definition) is 5. The number of ether oxygens (including phenoxy) is 1. The van der Waals surface area contributed by atoms with E-state index in [2.05, 4.69) is 19.2 Å². The van der Waals surface area contributed by atoms with Gasteiger partial charge in [-0.25, -0.2) is 0 Å². The van der Waals surface area contributed by atoms with Crippen LogP contribution < -0.4 is 5.32 Å². The number of allylic oxidation sites excluding steroid dienone is 1. The molecule has 0 rings (SSSR count). The monoisotopic (exact) mass is 974 g/mol. The number of esters is 1. The highest BCUT2D eigenvalue weighted by atomic mass is 16.5. The van der Waals surface area contributed by atoms with E-state index in [4.69, 9.17) is 4.74 Å². The third-order valence-electron chi connectivity index (χ3n) is 14.8. The van der Waals surface area contributed by atoms with Crippen LogP contribution in [0.5, 0.6) is 0 Å². The summed E-state index contributed by atoms with van der Waals surface area (Å²) in [5.74, 6) is -0.0643. The molecule has 0 aromatic heterocycles. The Morgan fingerprint density at radius 3 is 0.986 bits per heavy atom. The van der Waals surface area contributed by atoms with Crippen molar-refractivity contribution >= 4 is 11.9 Å². The van der Waals surface area contributed by atoms with E-state index in [0.29, 0.717) is 19.4 Å². The summed E-state index contributed by atoms with van der Waals surface area (Å²) < 4.78 is 5.49. The second-order valence-electron chi connectivity index (χ2n) is 21.8. The fourth-order valence-electron chi connectivity index (χ4n) is 9.99. The van der Waals surface area contributed by atoms with Crippen LogP contribution in [0.2, 0.25) is 0 Å². The maximum atomic E-state index is 12.5. The second-order valence-corrected chi connectivity index (χ2v) is 21.8. The van der Waals surface area contributed by atoms with Gasteiger partial charge in [0.1, 0.15) is 0 Å². The number of hydrogen-bond donors (Lipinski definition) is 3. The van der Waals surface area contributed by atoms with Gasteiger partial charge in [0, 0.05) is 12.8 Å². The first-order valence-electron chi connectivity index (χ1n) is 31.5. The van der Waals surface area contributed by atoms with E-state index in [9.17, 15) is 19.8 Å². The van der Waals surface area contributed by atoms with Crippen molar-refractivity contribution in [2.24, 2.45) is 0 Å². The maximum Gasteiger partial charge on any atom is 0.305 e. The van der Waals surface area contributed by atoms with Crippen LogP contribution in [0.1, 0.15) is 354 Å². The fourth-order valence-corrected chi connectivity index (χ4v) is 9.99. The number of nitrogens with one attached hydrogen (secondary N) is 1. The molecular formula is C63H123NO5. The molecule has 0 aromatic carbocycles. The summed E-state index contributed by atoms with van der Waals surface area (Å²) in [4.78, 5) is 24.6. The number of unbranched alkanes of at least 4 members (excludes halogenated alkanes) is 48. The standard InChI is InChI=1S/C63H123NO5/c1-3-5-7-9-11-13-15-17-19-21-22-23-24-27-31-35-39-43-47-51-55-61(66)60(59-65)64-62(67)56-52-48-44-40-36-32-28-25-26-30-34-38-42-46-50-54-58-69-63(68)57-53-49-45-41-37-33-29-20-18-16-14-12-10-8-6-4-2/h51,55,60-61,65-66H,3-50,52-54,56-59H2,1-2H3,(H,64,67)/b55-51+. The molecule has 2 unspecified atom stereocenters. The van der Waals surface area contributed by atoms with Gasteiger partial charge in [-0.05, 0) is 32.1 Å². The molecule has 0 saturated heterocycles. The minimum absolute atomic E-state index is 0.00658. The fraction of sp³-hybridized carbons (Fsp3) is 0.937. The average molecular weight is 975 g/mol. The van der Waals surface area contributed by atoms with Gasteiger partial charge in [-0.2, -0.15) is 0 Å². The molecule has 0 saturated carbocycles. The first-order chi connectivity index (χ1) is 34.0. The highest BCUT2D eigenvalue weighted by Crippen LogP contribution is 2.18. The molecule has 0 aliphatic carbocycles. The van der Waals surface area contributed by atoms with E-state index < -0.39 is 12.1 Å². The Hall–Kier alpha value is -1.40. The van der Waals surface area contributed by atoms with Gasteiger partial charge < -0.3 is 20.3 Å². The molecule has 69 heavy (non-hydrogen) atoms. The molecule has 3 N–H and O–H groups in total. The molecule has 1 amide bonds. The normalized spacial score (nSPS) is 12.6. The Bertz CT molecular complexity index is 1030. The molecule has 0 spiro atoms. The molecule has 410 valence electrons. The summed E-state index contributed by atoms with van der Waals surface area (Å²) in [5.41, 5.74) is 0. The Morgan fingerprint density at radius 2 is 0.667 bits per heavy atom. The van der Waals surface area contributed by atoms with Crippen LogP contribution >= 0.6 is 0 Å². The number of carbonyl (C=O) groups is 2. The summed E-state index contributed by atoms with van der Waals surface area (Å²) in [6, 6.07) is -0.633. The van der Waals surface area contributed by atoms with Crippen molar-refractivity contribution in [3.63, 3.8) is 0 Å². The number of amides is 1. The van der Waals surface area contributed by atoms with Crippen LogP contribution in [0.15, 0.2) is 12.2 Å². The zero-order valence-corrected chi connectivity index (χ0v) is 46.8. The maximum absolute atomic E-state index is 12.5. The summed E-state index contributed by atoms with van der Waals surface area (Å²) in [7, 11) is 0. The van der Waals surface area contributed by atoms with Crippen LogP contribution in [0.4, 0.5) is 0 Å². The van der Waals surface area contributed by atoms with E-state index in [0.717, 1.165) is 44.9 Å². The number of aliphatic hydroxyl groups is 2. The minimum atomic E-state index is -0.849. The Labute approximate surface area is 431 Å². The number of rotatable bonds is 59. The third kappa shape index (κ3) is 55.8. The molecule has 0 aromatic rings. The lowest BCUT2D eigenvalue weighted by Crippen LogP contribution is -2.45. The molecule has 0 aliphatic heterocycles. The summed E-state index contributed by atoms with van der Waals surface area (Å²) in [6.07, 6.45) is 71.0. The SMILES string of the molecule is CCCCCCCCCCCCCCCCCCCC/C=C/C(O)C(CO)NC(=O)CCCCCCCCCCCCCCCCCCOC(=O)CCCCCCCCCCCCCCCCCC. The van der Waals surface area contributed by atoms with E-state index in [-0.39, 0.29) is 18.5 Å². The Morgan fingerprint density at radius 1 is 0.391 bits per heavy atom. The van der Waals surface area contributed by atoms with Gasteiger partial charge in [-0.15, -0.1) is 0 Å². The predicted octanol–water partition coefficient (Wildman–Crippen LogP) is 19.6. The van der Waals surface area contributed by atoms with E-state index in [1.165, 1.54) is 283 Å². The first-order valence-corrected chi connectivity index (χ1v) is 31.5. The average Bonchev–Trinajstić information content (AvgIpc) is 3.35. The zero-order chi connectivity index (χ0) is 50.0. The van der Waals surface area contributed by atoms with Crippen LogP contribution in [0.25, 0.3) is 0 Å². The van der Waals surface area contributed by atoms with Gasteiger partial charge in [0.05, 0.1) is 25.4 Å². The highest BCUT2D eigenvalue weighted by molar-refractivity contribution is 5.76.